The van der Waals surface area contributed by atoms with Crippen molar-refractivity contribution in [3.05, 3.63) is 23.8 Å². The smallest absolute Gasteiger partial charge is 0.324 e. The maximum atomic E-state index is 13.2. The molecule has 1 atom stereocenters. The van der Waals surface area contributed by atoms with Crippen LogP contribution in [-0.2, 0) is 19.7 Å². The minimum absolute atomic E-state index is 0.196. The Morgan fingerprint density at radius 1 is 1.10 bits per heavy atom. The van der Waals surface area contributed by atoms with Crippen LogP contribution in [0.25, 0.3) is 5.57 Å². The fraction of sp³-hybridized carbons (Fsp3) is 0.571. The lowest BCUT2D eigenvalue weighted by Gasteiger charge is -2.32. The largest absolute Gasteiger partial charge is 0.496 e. The van der Waals surface area contributed by atoms with Gasteiger partial charge in [-0.1, -0.05) is 6.08 Å². The maximum Gasteiger partial charge on any atom is 0.324 e. The van der Waals surface area contributed by atoms with Gasteiger partial charge < -0.3 is 18.9 Å². The molecule has 31 heavy (non-hydrogen) atoms. The summed E-state index contributed by atoms with van der Waals surface area (Å²) in [5.74, 6) is 1.32. The molecule has 0 radical (unpaired) electrons. The van der Waals surface area contributed by atoms with Crippen LogP contribution in [-0.4, -0.2) is 76.6 Å². The second kappa shape index (κ2) is 9.88. The van der Waals surface area contributed by atoms with E-state index in [4.69, 9.17) is 18.9 Å². The monoisotopic (exact) mass is 454 g/mol. The van der Waals surface area contributed by atoms with Crippen LogP contribution in [0.1, 0.15) is 31.7 Å². The number of hydrogen-bond donors (Lipinski definition) is 0. The number of methoxy groups -OCH3 is 3. The highest BCUT2D eigenvalue weighted by Gasteiger charge is 2.42. The number of carbonyl (C=O) groups is 1. The summed E-state index contributed by atoms with van der Waals surface area (Å²) >= 11 is 0. The van der Waals surface area contributed by atoms with Crippen molar-refractivity contribution in [2.75, 3.05) is 47.6 Å². The van der Waals surface area contributed by atoms with Gasteiger partial charge in [0.1, 0.15) is 23.3 Å². The van der Waals surface area contributed by atoms with Gasteiger partial charge >= 0.3 is 5.97 Å². The lowest BCUT2D eigenvalue weighted by molar-refractivity contribution is -0.146. The van der Waals surface area contributed by atoms with E-state index in [-0.39, 0.29) is 13.2 Å². The van der Waals surface area contributed by atoms with Crippen molar-refractivity contribution >= 4 is 21.8 Å². The molecule has 0 amide bonds. The van der Waals surface area contributed by atoms with Crippen LogP contribution in [0.2, 0.25) is 0 Å². The van der Waals surface area contributed by atoms with Crippen LogP contribution < -0.4 is 14.2 Å². The number of benzene rings is 1. The fourth-order valence-corrected chi connectivity index (χ4v) is 5.80. The highest BCUT2D eigenvalue weighted by Crippen LogP contribution is 2.41. The summed E-state index contributed by atoms with van der Waals surface area (Å²) in [5, 5.41) is 0. The number of rotatable bonds is 8. The summed E-state index contributed by atoms with van der Waals surface area (Å²) in [6.45, 7) is 2.74. The van der Waals surface area contributed by atoms with E-state index in [2.05, 4.69) is 0 Å². The first-order chi connectivity index (χ1) is 14.9. The zero-order chi connectivity index (χ0) is 22.6. The Bertz CT molecular complexity index is 920. The molecule has 2 heterocycles. The van der Waals surface area contributed by atoms with Gasteiger partial charge in [-0.25, -0.2) is 0 Å². The van der Waals surface area contributed by atoms with Gasteiger partial charge in [0.2, 0.25) is 0 Å². The van der Waals surface area contributed by atoms with Gasteiger partial charge in [-0.2, -0.15) is 17.0 Å². The predicted molar refractivity (Wildman–Crippen MR) is 116 cm³/mol. The Morgan fingerprint density at radius 3 is 2.29 bits per heavy atom. The molecule has 2 aliphatic rings. The van der Waals surface area contributed by atoms with Gasteiger partial charge in [0.05, 0.1) is 33.5 Å². The second-order valence-electron chi connectivity index (χ2n) is 7.27. The second-order valence-corrected chi connectivity index (χ2v) is 9.15. The summed E-state index contributed by atoms with van der Waals surface area (Å²) in [6, 6.07) is 2.79. The normalized spacial score (nSPS) is 20.3. The zero-order valence-electron chi connectivity index (χ0n) is 18.4. The number of esters is 1. The molecule has 0 aliphatic carbocycles. The summed E-state index contributed by atoms with van der Waals surface area (Å²) < 4.78 is 50.6. The molecule has 0 spiro atoms. The average molecular weight is 455 g/mol. The first-order valence-corrected chi connectivity index (χ1v) is 11.7. The van der Waals surface area contributed by atoms with Crippen LogP contribution >= 0.6 is 0 Å². The maximum absolute atomic E-state index is 13.2. The van der Waals surface area contributed by atoms with E-state index in [1.54, 1.807) is 40.4 Å². The van der Waals surface area contributed by atoms with Gasteiger partial charge in [0.15, 0.2) is 0 Å². The van der Waals surface area contributed by atoms with E-state index >= 15 is 0 Å². The molecule has 1 saturated heterocycles. The van der Waals surface area contributed by atoms with E-state index in [9.17, 15) is 13.2 Å². The molecule has 2 aliphatic heterocycles. The molecule has 0 N–H and O–H groups in total. The van der Waals surface area contributed by atoms with Crippen molar-refractivity contribution in [1.29, 1.82) is 0 Å². The third-order valence-corrected chi connectivity index (χ3v) is 7.61. The summed E-state index contributed by atoms with van der Waals surface area (Å²) in [4.78, 5) is 12.2. The average Bonchev–Trinajstić information content (AvgIpc) is 3.29. The van der Waals surface area contributed by atoms with Gasteiger partial charge in [-0.15, -0.1) is 0 Å². The molecular formula is C21H30N2O7S. The molecular weight excluding hydrogens is 424 g/mol. The number of carbonyl (C=O) groups excluding carboxylic acids is 1. The predicted octanol–water partition coefficient (Wildman–Crippen LogP) is 2.07. The Hall–Kier alpha value is -2.30. The van der Waals surface area contributed by atoms with E-state index in [1.807, 2.05) is 6.08 Å². The van der Waals surface area contributed by atoms with Crippen molar-refractivity contribution in [2.24, 2.45) is 0 Å². The molecule has 3 rings (SSSR count). The van der Waals surface area contributed by atoms with Crippen molar-refractivity contribution < 1.29 is 32.2 Å². The van der Waals surface area contributed by atoms with E-state index in [0.29, 0.717) is 49.6 Å². The lowest BCUT2D eigenvalue weighted by atomic mass is 9.98. The lowest BCUT2D eigenvalue weighted by Crippen LogP contribution is -2.49. The van der Waals surface area contributed by atoms with Crippen molar-refractivity contribution in [3.63, 3.8) is 0 Å². The van der Waals surface area contributed by atoms with Crippen LogP contribution in [0.15, 0.2) is 18.2 Å². The topological polar surface area (TPSA) is 94.6 Å². The van der Waals surface area contributed by atoms with Crippen molar-refractivity contribution in [2.45, 2.75) is 32.2 Å². The van der Waals surface area contributed by atoms with Gasteiger partial charge in [0, 0.05) is 31.8 Å². The minimum atomic E-state index is -3.78. The van der Waals surface area contributed by atoms with Crippen LogP contribution in [0.4, 0.5) is 0 Å². The standard InChI is InChI=1S/C21H30N2O7S/c1-5-30-21(24)17-7-6-10-23(17)31(25,26)22-11-8-15(9-12-22)20-18(28-3)13-16(27-2)14-19(20)29-4/h8,13-14,17H,5-7,9-12H2,1-4H3. The molecule has 1 fully saturated rings. The third-order valence-electron chi connectivity index (χ3n) is 5.59. The number of ether oxygens (including phenoxy) is 4. The Morgan fingerprint density at radius 2 is 1.77 bits per heavy atom. The zero-order valence-corrected chi connectivity index (χ0v) is 19.2. The van der Waals surface area contributed by atoms with Crippen LogP contribution in [0.5, 0.6) is 17.2 Å². The minimum Gasteiger partial charge on any atom is -0.496 e. The molecule has 10 heteroatoms. The number of nitrogens with zero attached hydrogens (tertiary/aromatic N) is 2. The molecule has 0 aromatic heterocycles. The Balaban J connectivity index is 1.84. The van der Waals surface area contributed by atoms with Crippen LogP contribution in [0.3, 0.4) is 0 Å². The molecule has 1 aromatic rings. The number of hydrogen-bond acceptors (Lipinski definition) is 7. The van der Waals surface area contributed by atoms with Gasteiger partial charge in [0.25, 0.3) is 10.2 Å². The third kappa shape index (κ3) is 4.65. The highest BCUT2D eigenvalue weighted by atomic mass is 32.2. The molecule has 1 unspecified atom stereocenters. The summed E-state index contributed by atoms with van der Waals surface area (Å²) in [7, 11) is 0.925. The van der Waals surface area contributed by atoms with E-state index in [1.165, 1.54) is 8.61 Å². The van der Waals surface area contributed by atoms with E-state index in [0.717, 1.165) is 11.1 Å². The van der Waals surface area contributed by atoms with Gasteiger partial charge in [-0.05, 0) is 31.8 Å². The van der Waals surface area contributed by atoms with Crippen molar-refractivity contribution in [1.82, 2.24) is 8.61 Å². The van der Waals surface area contributed by atoms with E-state index < -0.39 is 22.2 Å². The molecule has 1 aromatic carbocycles. The quantitative estimate of drug-likeness (QED) is 0.555. The summed E-state index contributed by atoms with van der Waals surface area (Å²) in [5.41, 5.74) is 1.72. The van der Waals surface area contributed by atoms with Crippen LogP contribution in [0, 0.1) is 0 Å². The molecule has 9 nitrogen and oxygen atoms in total. The summed E-state index contributed by atoms with van der Waals surface area (Å²) in [6.07, 6.45) is 3.46. The first kappa shape index (κ1) is 23.4. The molecule has 172 valence electrons. The molecule has 0 saturated carbocycles. The van der Waals surface area contributed by atoms with Crippen molar-refractivity contribution in [3.8, 4) is 17.2 Å². The Labute approximate surface area is 183 Å². The fourth-order valence-electron chi connectivity index (χ4n) is 4.05. The molecule has 0 bridgehead atoms. The Kier molecular flexibility index (Phi) is 7.45. The van der Waals surface area contributed by atoms with Gasteiger partial charge in [-0.3, -0.25) is 4.79 Å². The first-order valence-electron chi connectivity index (χ1n) is 10.3. The SMILES string of the molecule is CCOC(=O)C1CCCN1S(=O)(=O)N1CC=C(c2c(OC)cc(OC)cc2OC)CC1. The highest BCUT2D eigenvalue weighted by molar-refractivity contribution is 7.86.